The fraction of sp³-hybridized carbons (Fsp3) is 0.640. The van der Waals surface area contributed by atoms with Crippen LogP contribution in [0.2, 0.25) is 0 Å². The van der Waals surface area contributed by atoms with Gasteiger partial charge in [-0.25, -0.2) is 4.79 Å². The van der Waals surface area contributed by atoms with Gasteiger partial charge in [0.25, 0.3) is 0 Å². The van der Waals surface area contributed by atoms with Crippen molar-refractivity contribution in [3.05, 3.63) is 16.1 Å². The van der Waals surface area contributed by atoms with Crippen LogP contribution < -0.4 is 14.4 Å². The summed E-state index contributed by atoms with van der Waals surface area (Å²) in [7, 11) is 2.13. The summed E-state index contributed by atoms with van der Waals surface area (Å²) in [4.78, 5) is 28.5. The number of likely N-dealkylation sites (N-methyl/N-ethyl adjacent to an activating group) is 1. The van der Waals surface area contributed by atoms with Crippen molar-refractivity contribution in [2.75, 3.05) is 57.9 Å². The maximum atomic E-state index is 12.6. The molecule has 2 aromatic rings. The number of rotatable bonds is 4. The summed E-state index contributed by atoms with van der Waals surface area (Å²) < 4.78 is 18.8. The smallest absolute Gasteiger partial charge is 0.410 e. The van der Waals surface area contributed by atoms with Crippen LogP contribution in [0.1, 0.15) is 39.2 Å². The number of hydrogen-bond acceptors (Lipinski definition) is 8. The predicted octanol–water partition coefficient (Wildman–Crippen LogP) is 3.86. The average Bonchev–Trinajstić information content (AvgIpc) is 3.45. The molecule has 0 aliphatic carbocycles. The lowest BCUT2D eigenvalue weighted by Gasteiger charge is -2.36. The topological polar surface area (TPSA) is 80.3 Å². The van der Waals surface area contributed by atoms with Crippen molar-refractivity contribution >= 4 is 38.7 Å². The normalized spacial score (nSPS) is 20.8. The molecule has 35 heavy (non-hydrogen) atoms. The maximum Gasteiger partial charge on any atom is 0.410 e. The van der Waals surface area contributed by atoms with Crippen molar-refractivity contribution in [1.82, 2.24) is 19.8 Å². The molecule has 4 heterocycles. The zero-order valence-corrected chi connectivity index (χ0v) is 22.6. The number of aromatic nitrogens is 2. The van der Waals surface area contributed by atoms with Crippen molar-refractivity contribution in [1.29, 1.82) is 0 Å². The Morgan fingerprint density at radius 3 is 2.66 bits per heavy atom. The highest BCUT2D eigenvalue weighted by Crippen LogP contribution is 2.43. The van der Waals surface area contributed by atoms with Gasteiger partial charge in [-0.2, -0.15) is 9.97 Å². The van der Waals surface area contributed by atoms with Gasteiger partial charge in [-0.1, -0.05) is 15.9 Å². The summed E-state index contributed by atoms with van der Waals surface area (Å²) in [6.07, 6.45) is 2.88. The van der Waals surface area contributed by atoms with Crippen molar-refractivity contribution < 1.29 is 19.0 Å². The minimum atomic E-state index is -0.512. The van der Waals surface area contributed by atoms with Crippen molar-refractivity contribution in [3.63, 3.8) is 0 Å². The zero-order chi connectivity index (χ0) is 24.7. The molecule has 0 spiro atoms. The Morgan fingerprint density at radius 1 is 1.20 bits per heavy atom. The van der Waals surface area contributed by atoms with E-state index in [9.17, 15) is 4.79 Å². The number of ether oxygens (including phenoxy) is 3. The van der Waals surface area contributed by atoms with E-state index >= 15 is 0 Å². The summed E-state index contributed by atoms with van der Waals surface area (Å²) in [5, 5.41) is 0.914. The molecule has 0 radical (unpaired) electrons. The van der Waals surface area contributed by atoms with Gasteiger partial charge in [0.1, 0.15) is 23.8 Å². The molecule has 1 aromatic carbocycles. The summed E-state index contributed by atoms with van der Waals surface area (Å²) in [5.41, 5.74) is 1.44. The van der Waals surface area contributed by atoms with E-state index in [4.69, 9.17) is 24.2 Å². The molecule has 0 N–H and O–H groups in total. The summed E-state index contributed by atoms with van der Waals surface area (Å²) in [6.45, 7) is 10.4. The molecule has 0 unspecified atom stereocenters. The van der Waals surface area contributed by atoms with Crippen molar-refractivity contribution in [2.45, 2.75) is 51.7 Å². The Hall–Kier alpha value is -2.33. The van der Waals surface area contributed by atoms with Crippen LogP contribution >= 0.6 is 15.9 Å². The Bertz CT molecular complexity index is 1110. The second-order valence-corrected chi connectivity index (χ2v) is 11.4. The quantitative estimate of drug-likeness (QED) is 0.570. The van der Waals surface area contributed by atoms with E-state index in [1.54, 1.807) is 4.90 Å². The van der Waals surface area contributed by atoms with Gasteiger partial charge >= 0.3 is 12.1 Å². The maximum absolute atomic E-state index is 12.6. The zero-order valence-electron chi connectivity index (χ0n) is 21.0. The molecular weight excluding hydrogens is 514 g/mol. The Morgan fingerprint density at radius 2 is 1.97 bits per heavy atom. The lowest BCUT2D eigenvalue weighted by atomic mass is 10.1. The van der Waals surface area contributed by atoms with Gasteiger partial charge in [0, 0.05) is 48.7 Å². The van der Waals surface area contributed by atoms with Gasteiger partial charge in [-0.3, -0.25) is 0 Å². The number of benzene rings is 1. The number of carbonyl (C=O) groups excluding carboxylic acids is 1. The molecule has 1 aromatic heterocycles. The van der Waals surface area contributed by atoms with Crippen LogP contribution in [0, 0.1) is 0 Å². The first-order valence-corrected chi connectivity index (χ1v) is 13.2. The number of fused-ring (bicyclic) bond motifs is 3. The Labute approximate surface area is 214 Å². The second-order valence-electron chi connectivity index (χ2n) is 10.5. The minimum absolute atomic E-state index is 0.275. The molecule has 5 rings (SSSR count). The molecule has 9 nitrogen and oxygen atoms in total. The first-order valence-electron chi connectivity index (χ1n) is 12.4. The van der Waals surface area contributed by atoms with Gasteiger partial charge < -0.3 is 28.9 Å². The highest BCUT2D eigenvalue weighted by atomic mass is 79.9. The number of halogens is 1. The predicted molar refractivity (Wildman–Crippen MR) is 138 cm³/mol. The van der Waals surface area contributed by atoms with Crippen LogP contribution in [0.15, 0.2) is 10.5 Å². The van der Waals surface area contributed by atoms with E-state index in [0.29, 0.717) is 51.4 Å². The van der Waals surface area contributed by atoms with Crippen molar-refractivity contribution in [3.8, 4) is 11.8 Å². The largest absolute Gasteiger partial charge is 0.492 e. The summed E-state index contributed by atoms with van der Waals surface area (Å²) in [6, 6.07) is 2.80. The van der Waals surface area contributed by atoms with Crippen LogP contribution in [-0.2, 0) is 11.2 Å². The third-order valence-corrected chi connectivity index (χ3v) is 7.56. The van der Waals surface area contributed by atoms with Gasteiger partial charge in [-0.15, -0.1) is 0 Å². The fourth-order valence-electron chi connectivity index (χ4n) is 4.96. The lowest BCUT2D eigenvalue weighted by Crippen LogP contribution is -2.50. The first-order chi connectivity index (χ1) is 16.7. The molecule has 1 amide bonds. The van der Waals surface area contributed by atoms with Crippen LogP contribution in [0.25, 0.3) is 10.9 Å². The third kappa shape index (κ3) is 5.14. The molecule has 3 aliphatic heterocycles. The molecule has 1 atom stereocenters. The highest BCUT2D eigenvalue weighted by Gasteiger charge is 2.30. The molecule has 3 aliphatic rings. The number of amides is 1. The van der Waals surface area contributed by atoms with E-state index in [0.717, 1.165) is 51.9 Å². The number of nitrogens with zero attached hydrogens (tertiary/aromatic N) is 5. The van der Waals surface area contributed by atoms with E-state index in [2.05, 4.69) is 32.8 Å². The number of anilines is 1. The first kappa shape index (κ1) is 24.4. The number of piperazine rings is 1. The number of likely N-dealkylation sites (tertiary alicyclic amines) is 1. The molecule has 190 valence electrons. The summed E-state index contributed by atoms with van der Waals surface area (Å²) in [5.74, 6) is 1.65. The molecular formula is C25H34BrN5O4. The van der Waals surface area contributed by atoms with Crippen molar-refractivity contribution in [2.24, 2.45) is 0 Å². The van der Waals surface area contributed by atoms with E-state index < -0.39 is 5.60 Å². The van der Waals surface area contributed by atoms with E-state index in [-0.39, 0.29) is 6.09 Å². The van der Waals surface area contributed by atoms with Gasteiger partial charge in [0.2, 0.25) is 0 Å². The van der Waals surface area contributed by atoms with Crippen LogP contribution in [0.3, 0.4) is 0 Å². The minimum Gasteiger partial charge on any atom is -0.492 e. The average molecular weight is 548 g/mol. The van der Waals surface area contributed by atoms with Gasteiger partial charge in [-0.05, 0) is 53.3 Å². The van der Waals surface area contributed by atoms with Gasteiger partial charge in [0.15, 0.2) is 0 Å². The fourth-order valence-corrected chi connectivity index (χ4v) is 5.56. The molecule has 10 heteroatoms. The van der Waals surface area contributed by atoms with Gasteiger partial charge in [0.05, 0.1) is 17.5 Å². The molecule has 2 saturated heterocycles. The van der Waals surface area contributed by atoms with E-state index in [1.807, 2.05) is 26.8 Å². The molecule has 0 bridgehead atoms. The monoisotopic (exact) mass is 547 g/mol. The van der Waals surface area contributed by atoms with Crippen LogP contribution in [0.4, 0.5) is 10.6 Å². The van der Waals surface area contributed by atoms with Crippen LogP contribution in [0.5, 0.6) is 11.8 Å². The number of carbonyl (C=O) groups is 1. The van der Waals surface area contributed by atoms with Crippen LogP contribution in [-0.4, -0.2) is 90.5 Å². The van der Waals surface area contributed by atoms with E-state index in [1.165, 1.54) is 6.42 Å². The SMILES string of the molecule is CN1CCC[C@H]1COc1nc(N2CCN(C(=O)OC(C)(C)C)CC2)c2c3c(c(Br)cc2n1)CCO3. The Balaban J connectivity index is 1.43. The molecule has 0 saturated carbocycles. The Kier molecular flexibility index (Phi) is 6.69. The molecule has 2 fully saturated rings. The highest BCUT2D eigenvalue weighted by molar-refractivity contribution is 9.10. The summed E-state index contributed by atoms with van der Waals surface area (Å²) >= 11 is 3.70. The second kappa shape index (κ2) is 9.61. The standard InChI is InChI=1S/C25H34BrN5O4/c1-25(2,3)35-24(32)31-11-9-30(10-12-31)22-20-19(14-18(26)17-7-13-33-21(17)20)27-23(28-22)34-15-16-6-5-8-29(16)4/h14,16H,5-13,15H2,1-4H3/t16-/m0/s1. The number of hydrogen-bond donors (Lipinski definition) is 0. The third-order valence-electron chi connectivity index (χ3n) is 6.86. The lowest BCUT2D eigenvalue weighted by molar-refractivity contribution is 0.0240.